The lowest BCUT2D eigenvalue weighted by molar-refractivity contribution is -0.137. The van der Waals surface area contributed by atoms with Gasteiger partial charge in [0.25, 0.3) is 0 Å². The third-order valence-corrected chi connectivity index (χ3v) is 4.53. The lowest BCUT2D eigenvalue weighted by atomic mass is 9.84. The molecule has 0 amide bonds. The Morgan fingerprint density at radius 2 is 1.52 bits per heavy atom. The highest BCUT2D eigenvalue weighted by atomic mass is 19.4. The van der Waals surface area contributed by atoms with E-state index in [1.54, 1.807) is 12.1 Å². The van der Waals surface area contributed by atoms with Gasteiger partial charge in [-0.1, -0.05) is 42.0 Å². The minimum Gasteiger partial charge on any atom is -0.313 e. The lowest BCUT2D eigenvalue weighted by Crippen LogP contribution is -2.29. The smallest absolute Gasteiger partial charge is 0.313 e. The molecule has 1 unspecified atom stereocenters. The van der Waals surface area contributed by atoms with Crippen LogP contribution in [0.2, 0.25) is 0 Å². The normalized spacial score (nSPS) is 19.7. The second kappa shape index (κ2) is 6.36. The van der Waals surface area contributed by atoms with Gasteiger partial charge < -0.3 is 5.32 Å². The van der Waals surface area contributed by atoms with E-state index in [2.05, 4.69) is 29.6 Å². The second-order valence-electron chi connectivity index (χ2n) is 6.21. The molecule has 1 heterocycles. The van der Waals surface area contributed by atoms with Crippen molar-refractivity contribution in [2.24, 2.45) is 0 Å². The first-order valence-corrected chi connectivity index (χ1v) is 7.92. The van der Waals surface area contributed by atoms with Crippen LogP contribution >= 0.6 is 0 Å². The second-order valence-corrected chi connectivity index (χ2v) is 6.21. The van der Waals surface area contributed by atoms with Crippen molar-refractivity contribution >= 4 is 0 Å². The lowest BCUT2D eigenvalue weighted by Gasteiger charge is -2.25. The molecule has 1 aliphatic heterocycles. The zero-order valence-corrected chi connectivity index (χ0v) is 13.0. The quantitative estimate of drug-likeness (QED) is 0.848. The Labute approximate surface area is 134 Å². The Morgan fingerprint density at radius 1 is 0.957 bits per heavy atom. The van der Waals surface area contributed by atoms with Crippen LogP contribution in [0.25, 0.3) is 0 Å². The largest absolute Gasteiger partial charge is 0.416 e. The summed E-state index contributed by atoms with van der Waals surface area (Å²) in [5, 5.41) is 3.49. The van der Waals surface area contributed by atoms with Crippen LogP contribution in [0.15, 0.2) is 48.5 Å². The van der Waals surface area contributed by atoms with Gasteiger partial charge in [0.2, 0.25) is 0 Å². The van der Waals surface area contributed by atoms with Crippen LogP contribution in [0.4, 0.5) is 13.2 Å². The van der Waals surface area contributed by atoms with Gasteiger partial charge in [-0.3, -0.25) is 0 Å². The van der Waals surface area contributed by atoms with E-state index in [-0.39, 0.29) is 12.0 Å². The number of nitrogens with one attached hydrogen (secondary N) is 1. The van der Waals surface area contributed by atoms with Crippen LogP contribution in [0.3, 0.4) is 0 Å². The van der Waals surface area contributed by atoms with Crippen LogP contribution in [0.1, 0.15) is 41.0 Å². The molecule has 1 aliphatic rings. The molecule has 2 aromatic rings. The molecule has 1 fully saturated rings. The highest BCUT2D eigenvalue weighted by Gasteiger charge is 2.32. The zero-order chi connectivity index (χ0) is 16.4. The van der Waals surface area contributed by atoms with Crippen molar-refractivity contribution < 1.29 is 13.2 Å². The Bertz CT molecular complexity index is 638. The Hall–Kier alpha value is -1.81. The summed E-state index contributed by atoms with van der Waals surface area (Å²) in [6, 6.07) is 14.2. The van der Waals surface area contributed by atoms with E-state index in [4.69, 9.17) is 0 Å². The summed E-state index contributed by atoms with van der Waals surface area (Å²) >= 11 is 0. The summed E-state index contributed by atoms with van der Waals surface area (Å²) in [5.74, 6) is 0.0837. The maximum absolute atomic E-state index is 12.8. The summed E-state index contributed by atoms with van der Waals surface area (Å²) in [5.41, 5.74) is 2.67. The van der Waals surface area contributed by atoms with Gasteiger partial charge in [-0.15, -0.1) is 0 Å². The number of rotatable bonds is 3. The van der Waals surface area contributed by atoms with Crippen LogP contribution in [-0.2, 0) is 6.18 Å². The van der Waals surface area contributed by atoms with Crippen molar-refractivity contribution in [1.82, 2.24) is 5.32 Å². The molecule has 1 nitrogen and oxygen atoms in total. The van der Waals surface area contributed by atoms with Gasteiger partial charge >= 0.3 is 6.18 Å². The minimum absolute atomic E-state index is 0.0837. The monoisotopic (exact) mass is 319 g/mol. The molecule has 122 valence electrons. The predicted molar refractivity (Wildman–Crippen MR) is 85.5 cm³/mol. The summed E-state index contributed by atoms with van der Waals surface area (Å²) in [6.07, 6.45) is -2.14. The average Bonchev–Trinajstić information content (AvgIpc) is 3.03. The van der Waals surface area contributed by atoms with Gasteiger partial charge in [0.05, 0.1) is 5.56 Å². The number of hydrogen-bond acceptors (Lipinski definition) is 1. The highest BCUT2D eigenvalue weighted by Crippen LogP contribution is 2.35. The van der Waals surface area contributed by atoms with Crippen molar-refractivity contribution in [2.45, 2.75) is 37.9 Å². The average molecular weight is 319 g/mol. The number of alkyl halides is 3. The van der Waals surface area contributed by atoms with Crippen molar-refractivity contribution in [3.8, 4) is 0 Å². The Morgan fingerprint density at radius 3 is 2.00 bits per heavy atom. The topological polar surface area (TPSA) is 12.0 Å². The minimum atomic E-state index is -4.29. The molecule has 0 aliphatic carbocycles. The molecule has 2 aromatic carbocycles. The Balaban J connectivity index is 1.96. The van der Waals surface area contributed by atoms with Crippen LogP contribution < -0.4 is 5.32 Å². The molecule has 1 N–H and O–H groups in total. The van der Waals surface area contributed by atoms with Gasteiger partial charge in [-0.05, 0) is 49.6 Å². The summed E-state index contributed by atoms with van der Waals surface area (Å²) in [7, 11) is 0. The van der Waals surface area contributed by atoms with Gasteiger partial charge in [0, 0.05) is 12.0 Å². The van der Waals surface area contributed by atoms with E-state index in [1.165, 1.54) is 17.7 Å². The van der Waals surface area contributed by atoms with Crippen LogP contribution in [0.5, 0.6) is 0 Å². The van der Waals surface area contributed by atoms with Crippen molar-refractivity contribution in [2.75, 3.05) is 6.54 Å². The van der Waals surface area contributed by atoms with E-state index in [0.29, 0.717) is 0 Å². The summed E-state index contributed by atoms with van der Waals surface area (Å²) in [6.45, 7) is 3.00. The maximum Gasteiger partial charge on any atom is 0.416 e. The fourth-order valence-electron chi connectivity index (χ4n) is 3.31. The van der Waals surface area contributed by atoms with Crippen molar-refractivity contribution in [3.63, 3.8) is 0 Å². The fraction of sp³-hybridized carbons (Fsp3) is 0.368. The van der Waals surface area contributed by atoms with Gasteiger partial charge in [0.15, 0.2) is 0 Å². The molecular formula is C19H20F3N. The molecular weight excluding hydrogens is 299 g/mol. The van der Waals surface area contributed by atoms with Crippen LogP contribution in [-0.4, -0.2) is 12.6 Å². The molecule has 0 saturated carbocycles. The Kier molecular flexibility index (Phi) is 4.44. The van der Waals surface area contributed by atoms with Crippen molar-refractivity contribution in [3.05, 3.63) is 70.8 Å². The zero-order valence-electron chi connectivity index (χ0n) is 13.0. The van der Waals surface area contributed by atoms with Gasteiger partial charge in [0.1, 0.15) is 0 Å². The molecule has 23 heavy (non-hydrogen) atoms. The predicted octanol–water partition coefficient (Wildman–Crippen LogP) is 4.90. The molecule has 2 atom stereocenters. The summed E-state index contributed by atoms with van der Waals surface area (Å²) in [4.78, 5) is 0. The number of benzene rings is 2. The van der Waals surface area contributed by atoms with Crippen molar-refractivity contribution in [1.29, 1.82) is 0 Å². The third-order valence-electron chi connectivity index (χ3n) is 4.53. The van der Waals surface area contributed by atoms with Gasteiger partial charge in [-0.25, -0.2) is 0 Å². The van der Waals surface area contributed by atoms with E-state index in [9.17, 15) is 13.2 Å². The first-order valence-electron chi connectivity index (χ1n) is 7.92. The number of hydrogen-bond donors (Lipinski definition) is 1. The van der Waals surface area contributed by atoms with Gasteiger partial charge in [-0.2, -0.15) is 13.2 Å². The molecule has 1 saturated heterocycles. The molecule has 0 aromatic heterocycles. The standard InChI is InChI=1S/C19H20F3N/c1-13-4-6-14(7-5-13)18(17-3-2-12-23-17)15-8-10-16(11-9-15)19(20,21)22/h4-11,17-18,23H,2-3,12H2,1H3/t17-,18?/m0/s1. The molecule has 4 heteroatoms. The van der Waals surface area contributed by atoms with E-state index < -0.39 is 11.7 Å². The van der Waals surface area contributed by atoms with E-state index >= 15 is 0 Å². The first kappa shape index (κ1) is 16.1. The molecule has 0 spiro atoms. The fourth-order valence-corrected chi connectivity index (χ4v) is 3.31. The number of aryl methyl sites for hydroxylation is 1. The summed E-state index contributed by atoms with van der Waals surface area (Å²) < 4.78 is 38.3. The molecule has 3 rings (SSSR count). The number of halogens is 3. The van der Waals surface area contributed by atoms with E-state index in [0.717, 1.165) is 30.5 Å². The third kappa shape index (κ3) is 3.58. The maximum atomic E-state index is 12.8. The highest BCUT2D eigenvalue weighted by molar-refractivity contribution is 5.37. The SMILES string of the molecule is Cc1ccc(C(c2ccc(C(F)(F)F)cc2)[C@@H]2CCCN2)cc1. The first-order chi connectivity index (χ1) is 10.9. The van der Waals surface area contributed by atoms with E-state index in [1.807, 2.05) is 6.92 Å². The van der Waals surface area contributed by atoms with Crippen LogP contribution in [0, 0.1) is 6.92 Å². The molecule has 0 radical (unpaired) electrons. The molecule has 0 bridgehead atoms.